The molecule has 0 saturated heterocycles. The molecule has 0 spiro atoms. The molecule has 96 valence electrons. The number of hydrogen-bond acceptors (Lipinski definition) is 2. The summed E-state index contributed by atoms with van der Waals surface area (Å²) in [4.78, 5) is 2.31. The van der Waals surface area contributed by atoms with Gasteiger partial charge in [0.1, 0.15) is 0 Å². The largest absolute Gasteiger partial charge is 0.327 e. The Hall–Kier alpha value is -0.860. The molecule has 0 aliphatic heterocycles. The van der Waals surface area contributed by atoms with E-state index in [-0.39, 0.29) is 0 Å². The zero-order valence-electron chi connectivity index (χ0n) is 11.4. The Balaban J connectivity index is 2.36. The number of rotatable bonds is 7. The highest BCUT2D eigenvalue weighted by Crippen LogP contribution is 2.07. The molecule has 0 aliphatic rings. The molecular formula is C15H26N2. The molecule has 2 N–H and O–H groups in total. The minimum Gasteiger partial charge on any atom is -0.327 e. The first-order chi connectivity index (χ1) is 8.11. The lowest BCUT2D eigenvalue weighted by atomic mass is 10.1. The lowest BCUT2D eigenvalue weighted by Crippen LogP contribution is -2.34. The molecule has 0 saturated carbocycles. The van der Waals surface area contributed by atoms with Gasteiger partial charge in [-0.2, -0.15) is 0 Å². The molecule has 0 aliphatic carbocycles. The highest BCUT2D eigenvalue weighted by Gasteiger charge is 2.06. The fourth-order valence-corrected chi connectivity index (χ4v) is 2.14. The number of likely N-dealkylation sites (N-methyl/N-ethyl adjacent to an activating group) is 1. The monoisotopic (exact) mass is 234 g/mol. The fraction of sp³-hybridized carbons (Fsp3) is 0.600. The Labute approximate surface area is 106 Å². The Morgan fingerprint density at radius 3 is 2.76 bits per heavy atom. The van der Waals surface area contributed by atoms with Gasteiger partial charge in [-0.25, -0.2) is 0 Å². The van der Waals surface area contributed by atoms with Gasteiger partial charge in [-0.05, 0) is 26.0 Å². The molecular weight excluding hydrogens is 208 g/mol. The summed E-state index contributed by atoms with van der Waals surface area (Å²) in [6.07, 6.45) is 3.60. The Kier molecular flexibility index (Phi) is 6.23. The van der Waals surface area contributed by atoms with E-state index in [4.69, 9.17) is 5.73 Å². The Morgan fingerprint density at radius 2 is 2.12 bits per heavy atom. The van der Waals surface area contributed by atoms with Crippen molar-refractivity contribution in [3.63, 3.8) is 0 Å². The van der Waals surface area contributed by atoms with Gasteiger partial charge < -0.3 is 10.6 Å². The normalized spacial score (nSPS) is 13.0. The van der Waals surface area contributed by atoms with Crippen molar-refractivity contribution in [1.82, 2.24) is 4.90 Å². The summed E-state index contributed by atoms with van der Waals surface area (Å²) in [6.45, 7) is 6.31. The third kappa shape index (κ3) is 5.85. The van der Waals surface area contributed by atoms with Crippen LogP contribution in [-0.2, 0) is 6.54 Å². The third-order valence-corrected chi connectivity index (χ3v) is 3.01. The van der Waals surface area contributed by atoms with Crippen LogP contribution in [0.3, 0.4) is 0 Å². The number of aryl methyl sites for hydroxylation is 1. The van der Waals surface area contributed by atoms with Crippen molar-refractivity contribution in [2.45, 2.75) is 45.7 Å². The predicted octanol–water partition coefficient (Wildman–Crippen LogP) is 2.94. The second kappa shape index (κ2) is 7.46. The van der Waals surface area contributed by atoms with Crippen LogP contribution in [0.2, 0.25) is 0 Å². The van der Waals surface area contributed by atoms with E-state index in [1.165, 1.54) is 24.0 Å². The highest BCUT2D eigenvalue weighted by molar-refractivity contribution is 5.21. The summed E-state index contributed by atoms with van der Waals surface area (Å²) >= 11 is 0. The summed E-state index contributed by atoms with van der Waals surface area (Å²) in [5.41, 5.74) is 8.80. The first kappa shape index (κ1) is 14.2. The average Bonchev–Trinajstić information content (AvgIpc) is 2.26. The lowest BCUT2D eigenvalue weighted by molar-refractivity contribution is 0.295. The molecule has 0 radical (unpaired) electrons. The van der Waals surface area contributed by atoms with Gasteiger partial charge in [0, 0.05) is 19.1 Å². The summed E-state index contributed by atoms with van der Waals surface area (Å²) in [5, 5.41) is 0. The molecule has 1 unspecified atom stereocenters. The number of benzene rings is 1. The molecule has 1 rings (SSSR count). The van der Waals surface area contributed by atoms with Crippen molar-refractivity contribution in [3.05, 3.63) is 35.4 Å². The van der Waals surface area contributed by atoms with Crippen molar-refractivity contribution >= 4 is 0 Å². The molecule has 0 amide bonds. The molecule has 1 atom stereocenters. The Bertz CT molecular complexity index is 322. The van der Waals surface area contributed by atoms with Crippen molar-refractivity contribution in [3.8, 4) is 0 Å². The zero-order valence-corrected chi connectivity index (χ0v) is 11.4. The van der Waals surface area contributed by atoms with Gasteiger partial charge in [-0.15, -0.1) is 0 Å². The van der Waals surface area contributed by atoms with E-state index in [1.807, 2.05) is 0 Å². The van der Waals surface area contributed by atoms with E-state index in [0.29, 0.717) is 6.04 Å². The van der Waals surface area contributed by atoms with Gasteiger partial charge in [-0.3, -0.25) is 0 Å². The van der Waals surface area contributed by atoms with Crippen molar-refractivity contribution in [2.24, 2.45) is 5.73 Å². The van der Waals surface area contributed by atoms with Crippen LogP contribution in [0.4, 0.5) is 0 Å². The van der Waals surface area contributed by atoms with Crippen molar-refractivity contribution in [1.29, 1.82) is 0 Å². The molecule has 0 fully saturated rings. The van der Waals surface area contributed by atoms with E-state index < -0.39 is 0 Å². The maximum absolute atomic E-state index is 6.10. The Morgan fingerprint density at radius 1 is 1.35 bits per heavy atom. The first-order valence-electron chi connectivity index (χ1n) is 6.61. The first-order valence-corrected chi connectivity index (χ1v) is 6.61. The number of nitrogens with two attached hydrogens (primary N) is 1. The number of hydrogen-bond donors (Lipinski definition) is 1. The third-order valence-electron chi connectivity index (χ3n) is 3.01. The van der Waals surface area contributed by atoms with Crippen molar-refractivity contribution in [2.75, 3.05) is 13.6 Å². The molecule has 0 heterocycles. The van der Waals surface area contributed by atoms with Crippen LogP contribution in [-0.4, -0.2) is 24.5 Å². The van der Waals surface area contributed by atoms with Crippen LogP contribution in [0, 0.1) is 6.92 Å². The van der Waals surface area contributed by atoms with Gasteiger partial charge in [0.2, 0.25) is 0 Å². The summed E-state index contributed by atoms with van der Waals surface area (Å²) < 4.78 is 0. The van der Waals surface area contributed by atoms with Crippen LogP contribution in [0.1, 0.15) is 37.3 Å². The van der Waals surface area contributed by atoms with Crippen LogP contribution < -0.4 is 5.73 Å². The molecule has 0 aromatic heterocycles. The van der Waals surface area contributed by atoms with E-state index >= 15 is 0 Å². The van der Waals surface area contributed by atoms with Crippen LogP contribution in [0.25, 0.3) is 0 Å². The maximum Gasteiger partial charge on any atom is 0.0231 e. The van der Waals surface area contributed by atoms with E-state index in [9.17, 15) is 0 Å². The van der Waals surface area contributed by atoms with Gasteiger partial charge in [0.25, 0.3) is 0 Å². The molecule has 1 aromatic rings. The van der Waals surface area contributed by atoms with Gasteiger partial charge >= 0.3 is 0 Å². The van der Waals surface area contributed by atoms with E-state index in [1.54, 1.807) is 0 Å². The van der Waals surface area contributed by atoms with Crippen LogP contribution in [0.15, 0.2) is 24.3 Å². The lowest BCUT2D eigenvalue weighted by Gasteiger charge is -2.21. The zero-order chi connectivity index (χ0) is 12.7. The minimum atomic E-state index is 0.310. The summed E-state index contributed by atoms with van der Waals surface area (Å²) in [7, 11) is 2.15. The fourth-order valence-electron chi connectivity index (χ4n) is 2.14. The molecule has 1 aromatic carbocycles. The topological polar surface area (TPSA) is 29.3 Å². The second-order valence-corrected chi connectivity index (χ2v) is 5.09. The summed E-state index contributed by atoms with van der Waals surface area (Å²) in [5.74, 6) is 0. The quantitative estimate of drug-likeness (QED) is 0.786. The van der Waals surface area contributed by atoms with Crippen LogP contribution >= 0.6 is 0 Å². The SMILES string of the molecule is CCCCC(N)CN(C)Cc1cccc(C)c1. The molecule has 2 heteroatoms. The standard InChI is InChI=1S/C15H26N2/c1-4-5-9-15(16)12-17(3)11-14-8-6-7-13(2)10-14/h6-8,10,15H,4-5,9,11-12,16H2,1-3H3. The molecule has 17 heavy (non-hydrogen) atoms. The molecule has 0 bridgehead atoms. The highest BCUT2D eigenvalue weighted by atomic mass is 15.1. The van der Waals surface area contributed by atoms with Crippen LogP contribution in [0.5, 0.6) is 0 Å². The van der Waals surface area contributed by atoms with E-state index in [0.717, 1.165) is 19.5 Å². The average molecular weight is 234 g/mol. The second-order valence-electron chi connectivity index (χ2n) is 5.09. The summed E-state index contributed by atoms with van der Waals surface area (Å²) in [6, 6.07) is 8.99. The number of nitrogens with zero attached hydrogens (tertiary/aromatic N) is 1. The van der Waals surface area contributed by atoms with Gasteiger partial charge in [0.05, 0.1) is 0 Å². The number of unbranched alkanes of at least 4 members (excludes halogenated alkanes) is 1. The smallest absolute Gasteiger partial charge is 0.0231 e. The van der Waals surface area contributed by atoms with E-state index in [2.05, 4.69) is 50.1 Å². The maximum atomic E-state index is 6.10. The molecule has 2 nitrogen and oxygen atoms in total. The van der Waals surface area contributed by atoms with Gasteiger partial charge in [0.15, 0.2) is 0 Å². The minimum absolute atomic E-state index is 0.310. The van der Waals surface area contributed by atoms with Gasteiger partial charge in [-0.1, -0.05) is 49.6 Å². The van der Waals surface area contributed by atoms with Crippen molar-refractivity contribution < 1.29 is 0 Å². The predicted molar refractivity (Wildman–Crippen MR) is 75.0 cm³/mol.